The first-order valence-electron chi connectivity index (χ1n) is 9.34. The maximum Gasteiger partial charge on any atom is 0.226 e. The van der Waals surface area contributed by atoms with E-state index in [0.29, 0.717) is 13.0 Å². The molecule has 2 rings (SSSR count). The molecule has 1 aromatic carbocycles. The van der Waals surface area contributed by atoms with Gasteiger partial charge in [0.05, 0.1) is 6.42 Å². The molecule has 1 amide bonds. The van der Waals surface area contributed by atoms with Crippen molar-refractivity contribution in [1.82, 2.24) is 9.80 Å². The molecule has 0 aliphatic carbocycles. The number of ether oxygens (including phenoxy) is 1. The van der Waals surface area contributed by atoms with E-state index >= 15 is 0 Å². The van der Waals surface area contributed by atoms with Crippen molar-refractivity contribution in [2.24, 2.45) is 5.92 Å². The molecule has 0 aromatic heterocycles. The lowest BCUT2D eigenvalue weighted by Gasteiger charge is -2.30. The number of likely N-dealkylation sites (tertiary alicyclic amines) is 1. The molecule has 0 radical (unpaired) electrons. The Balaban J connectivity index is 1.76. The Kier molecular flexibility index (Phi) is 7.57. The first-order valence-corrected chi connectivity index (χ1v) is 9.34. The number of piperidine rings is 1. The molecule has 0 spiro atoms. The van der Waals surface area contributed by atoms with Crippen LogP contribution >= 0.6 is 0 Å². The third kappa shape index (κ3) is 5.82. The summed E-state index contributed by atoms with van der Waals surface area (Å²) in [5, 5.41) is 0. The van der Waals surface area contributed by atoms with E-state index in [9.17, 15) is 4.79 Å². The van der Waals surface area contributed by atoms with E-state index in [1.807, 2.05) is 29.2 Å². The minimum atomic E-state index is 0.247. The molecule has 0 atom stereocenters. The summed E-state index contributed by atoms with van der Waals surface area (Å²) in [4.78, 5) is 16.7. The molecule has 1 aliphatic heterocycles. The summed E-state index contributed by atoms with van der Waals surface area (Å²) in [6.45, 7) is 12.2. The Morgan fingerprint density at radius 3 is 2.38 bits per heavy atom. The number of carbonyl (C=O) groups excluding carboxylic acids is 1. The molecule has 1 aromatic rings. The van der Waals surface area contributed by atoms with Crippen LogP contribution in [0.3, 0.4) is 0 Å². The van der Waals surface area contributed by atoms with Crippen LogP contribution < -0.4 is 4.74 Å². The van der Waals surface area contributed by atoms with Crippen LogP contribution in [0.2, 0.25) is 0 Å². The van der Waals surface area contributed by atoms with E-state index in [0.717, 1.165) is 62.8 Å². The first-order chi connectivity index (χ1) is 11.6. The standard InChI is InChI=1S/C20H32N2O2/c1-4-21(5-2)14-15-24-19-8-6-18(7-9-19)16-20(23)22-12-10-17(3)11-13-22/h6-9,17H,4-5,10-16H2,1-3H3. The van der Waals surface area contributed by atoms with Crippen molar-refractivity contribution in [3.63, 3.8) is 0 Å². The molecule has 0 unspecified atom stereocenters. The van der Waals surface area contributed by atoms with Gasteiger partial charge in [-0.05, 0) is 49.5 Å². The molecule has 24 heavy (non-hydrogen) atoms. The summed E-state index contributed by atoms with van der Waals surface area (Å²) >= 11 is 0. The van der Waals surface area contributed by atoms with E-state index in [1.54, 1.807) is 0 Å². The zero-order valence-corrected chi connectivity index (χ0v) is 15.5. The van der Waals surface area contributed by atoms with Gasteiger partial charge in [0.15, 0.2) is 0 Å². The van der Waals surface area contributed by atoms with Gasteiger partial charge in [-0.15, -0.1) is 0 Å². The van der Waals surface area contributed by atoms with Gasteiger partial charge in [0, 0.05) is 19.6 Å². The Labute approximate surface area is 146 Å². The van der Waals surface area contributed by atoms with Crippen molar-refractivity contribution in [2.45, 2.75) is 40.0 Å². The summed E-state index contributed by atoms with van der Waals surface area (Å²) in [5.41, 5.74) is 1.06. The van der Waals surface area contributed by atoms with Gasteiger partial charge in [0.2, 0.25) is 5.91 Å². The van der Waals surface area contributed by atoms with Gasteiger partial charge in [-0.1, -0.05) is 32.9 Å². The maximum absolute atomic E-state index is 12.4. The highest BCUT2D eigenvalue weighted by atomic mass is 16.5. The largest absolute Gasteiger partial charge is 0.492 e. The fraction of sp³-hybridized carbons (Fsp3) is 0.650. The highest BCUT2D eigenvalue weighted by Crippen LogP contribution is 2.18. The Hall–Kier alpha value is -1.55. The van der Waals surface area contributed by atoms with Crippen molar-refractivity contribution in [1.29, 1.82) is 0 Å². The Bertz CT molecular complexity index is 489. The molecular weight excluding hydrogens is 300 g/mol. The van der Waals surface area contributed by atoms with Crippen LogP contribution in [0.1, 0.15) is 39.2 Å². The lowest BCUT2D eigenvalue weighted by Crippen LogP contribution is -2.38. The number of benzene rings is 1. The molecule has 1 heterocycles. The minimum Gasteiger partial charge on any atom is -0.492 e. The summed E-state index contributed by atoms with van der Waals surface area (Å²) in [7, 11) is 0. The van der Waals surface area contributed by atoms with E-state index in [4.69, 9.17) is 4.74 Å². The molecule has 0 bridgehead atoms. The number of likely N-dealkylation sites (N-methyl/N-ethyl adjacent to an activating group) is 1. The molecule has 0 N–H and O–H groups in total. The molecule has 0 saturated carbocycles. The average Bonchev–Trinajstić information content (AvgIpc) is 2.60. The van der Waals surface area contributed by atoms with Crippen molar-refractivity contribution < 1.29 is 9.53 Å². The second kappa shape index (κ2) is 9.67. The van der Waals surface area contributed by atoms with Gasteiger partial charge in [-0.2, -0.15) is 0 Å². The monoisotopic (exact) mass is 332 g/mol. The predicted molar refractivity (Wildman–Crippen MR) is 98.4 cm³/mol. The zero-order valence-electron chi connectivity index (χ0n) is 15.5. The minimum absolute atomic E-state index is 0.247. The number of amides is 1. The molecule has 4 heteroatoms. The van der Waals surface area contributed by atoms with Crippen LogP contribution in [0.5, 0.6) is 5.75 Å². The number of hydrogen-bond donors (Lipinski definition) is 0. The van der Waals surface area contributed by atoms with Gasteiger partial charge in [0.1, 0.15) is 12.4 Å². The molecule has 1 saturated heterocycles. The normalized spacial score (nSPS) is 15.8. The van der Waals surface area contributed by atoms with Crippen molar-refractivity contribution in [3.05, 3.63) is 29.8 Å². The van der Waals surface area contributed by atoms with Crippen molar-refractivity contribution >= 4 is 5.91 Å². The SMILES string of the molecule is CCN(CC)CCOc1ccc(CC(=O)N2CCC(C)CC2)cc1. The summed E-state index contributed by atoms with van der Waals surface area (Å²) < 4.78 is 5.79. The summed E-state index contributed by atoms with van der Waals surface area (Å²) in [5.74, 6) is 1.88. The zero-order chi connectivity index (χ0) is 17.4. The third-order valence-electron chi connectivity index (χ3n) is 4.99. The van der Waals surface area contributed by atoms with Crippen LogP contribution in [0.15, 0.2) is 24.3 Å². The van der Waals surface area contributed by atoms with Crippen LogP contribution in [0.4, 0.5) is 0 Å². The second-order valence-electron chi connectivity index (χ2n) is 6.76. The summed E-state index contributed by atoms with van der Waals surface area (Å²) in [6.07, 6.45) is 2.75. The number of hydrogen-bond acceptors (Lipinski definition) is 3. The van der Waals surface area contributed by atoms with Crippen LogP contribution in [0.25, 0.3) is 0 Å². The van der Waals surface area contributed by atoms with E-state index in [2.05, 4.69) is 25.7 Å². The van der Waals surface area contributed by atoms with E-state index in [1.165, 1.54) is 0 Å². The first kappa shape index (κ1) is 18.8. The highest BCUT2D eigenvalue weighted by Gasteiger charge is 2.20. The Morgan fingerprint density at radius 2 is 1.79 bits per heavy atom. The van der Waals surface area contributed by atoms with E-state index < -0.39 is 0 Å². The smallest absolute Gasteiger partial charge is 0.226 e. The topological polar surface area (TPSA) is 32.8 Å². The van der Waals surface area contributed by atoms with Crippen LogP contribution in [-0.4, -0.2) is 55.0 Å². The number of carbonyl (C=O) groups is 1. The fourth-order valence-corrected chi connectivity index (χ4v) is 3.08. The van der Waals surface area contributed by atoms with E-state index in [-0.39, 0.29) is 5.91 Å². The van der Waals surface area contributed by atoms with Gasteiger partial charge in [-0.25, -0.2) is 0 Å². The molecule has 1 aliphatic rings. The lowest BCUT2D eigenvalue weighted by molar-refractivity contribution is -0.131. The van der Waals surface area contributed by atoms with Crippen LogP contribution in [0, 0.1) is 5.92 Å². The summed E-state index contributed by atoms with van der Waals surface area (Å²) in [6, 6.07) is 7.97. The average molecular weight is 332 g/mol. The Morgan fingerprint density at radius 1 is 1.17 bits per heavy atom. The van der Waals surface area contributed by atoms with Crippen LogP contribution in [-0.2, 0) is 11.2 Å². The highest BCUT2D eigenvalue weighted by molar-refractivity contribution is 5.78. The van der Waals surface area contributed by atoms with Crippen molar-refractivity contribution in [2.75, 3.05) is 39.3 Å². The molecule has 4 nitrogen and oxygen atoms in total. The quantitative estimate of drug-likeness (QED) is 0.733. The number of rotatable bonds is 8. The molecular formula is C20H32N2O2. The number of nitrogens with zero attached hydrogens (tertiary/aromatic N) is 2. The predicted octanol–water partition coefficient (Wildman–Crippen LogP) is 3.21. The van der Waals surface area contributed by atoms with Gasteiger partial charge in [0.25, 0.3) is 0 Å². The third-order valence-corrected chi connectivity index (χ3v) is 4.99. The fourth-order valence-electron chi connectivity index (χ4n) is 3.08. The lowest BCUT2D eigenvalue weighted by atomic mass is 9.98. The molecule has 1 fully saturated rings. The van der Waals surface area contributed by atoms with Crippen molar-refractivity contribution in [3.8, 4) is 5.75 Å². The van der Waals surface area contributed by atoms with Gasteiger partial charge in [-0.3, -0.25) is 4.79 Å². The molecule has 134 valence electrons. The van der Waals surface area contributed by atoms with Gasteiger partial charge >= 0.3 is 0 Å². The van der Waals surface area contributed by atoms with Gasteiger partial charge < -0.3 is 14.5 Å². The maximum atomic E-state index is 12.4. The second-order valence-corrected chi connectivity index (χ2v) is 6.76.